The molecular weight excluding hydrogens is 164 g/mol. The lowest BCUT2D eigenvalue weighted by Crippen LogP contribution is -2.38. The SMILES string of the molecule is CC(C)(C)C(=O)N1CC[C@@H](CN)C1. The Balaban J connectivity index is 2.52. The van der Waals surface area contributed by atoms with Crippen molar-refractivity contribution >= 4 is 5.91 Å². The van der Waals surface area contributed by atoms with Crippen LogP contribution in [-0.4, -0.2) is 30.4 Å². The summed E-state index contributed by atoms with van der Waals surface area (Å²) in [5.41, 5.74) is 5.32. The van der Waals surface area contributed by atoms with Crippen LogP contribution in [0.5, 0.6) is 0 Å². The molecule has 0 saturated carbocycles. The molecule has 1 fully saturated rings. The molecule has 1 heterocycles. The molecule has 3 nitrogen and oxygen atoms in total. The summed E-state index contributed by atoms with van der Waals surface area (Å²) in [6, 6.07) is 0. The summed E-state index contributed by atoms with van der Waals surface area (Å²) >= 11 is 0. The van der Waals surface area contributed by atoms with E-state index in [0.717, 1.165) is 19.5 Å². The minimum absolute atomic E-state index is 0.247. The number of hydrogen-bond acceptors (Lipinski definition) is 2. The zero-order valence-electron chi connectivity index (χ0n) is 8.84. The summed E-state index contributed by atoms with van der Waals surface area (Å²) < 4.78 is 0. The maximum absolute atomic E-state index is 11.8. The van der Waals surface area contributed by atoms with Crippen molar-refractivity contribution in [3.8, 4) is 0 Å². The van der Waals surface area contributed by atoms with E-state index in [1.807, 2.05) is 25.7 Å². The van der Waals surface area contributed by atoms with E-state index in [2.05, 4.69) is 0 Å². The largest absolute Gasteiger partial charge is 0.342 e. The number of nitrogens with two attached hydrogens (primary N) is 1. The van der Waals surface area contributed by atoms with Gasteiger partial charge >= 0.3 is 0 Å². The molecule has 0 radical (unpaired) electrons. The second-order valence-corrected chi connectivity index (χ2v) is 4.89. The molecule has 0 aromatic carbocycles. The van der Waals surface area contributed by atoms with E-state index in [4.69, 9.17) is 5.73 Å². The van der Waals surface area contributed by atoms with Gasteiger partial charge in [0.05, 0.1) is 0 Å². The number of carbonyl (C=O) groups is 1. The number of hydrogen-bond donors (Lipinski definition) is 1. The molecular formula is C10H20N2O. The molecule has 0 bridgehead atoms. The molecule has 0 aromatic rings. The third-order valence-electron chi connectivity index (χ3n) is 2.55. The number of rotatable bonds is 1. The highest BCUT2D eigenvalue weighted by Gasteiger charge is 2.31. The van der Waals surface area contributed by atoms with Gasteiger partial charge in [-0.1, -0.05) is 20.8 Å². The third kappa shape index (κ3) is 2.44. The fourth-order valence-corrected chi connectivity index (χ4v) is 1.68. The molecule has 0 aliphatic carbocycles. The molecule has 1 atom stereocenters. The summed E-state index contributed by atoms with van der Waals surface area (Å²) in [7, 11) is 0. The van der Waals surface area contributed by atoms with Gasteiger partial charge in [-0.2, -0.15) is 0 Å². The van der Waals surface area contributed by atoms with Crippen molar-refractivity contribution < 1.29 is 4.79 Å². The lowest BCUT2D eigenvalue weighted by Gasteiger charge is -2.25. The van der Waals surface area contributed by atoms with E-state index in [9.17, 15) is 4.79 Å². The standard InChI is InChI=1S/C10H20N2O/c1-10(2,3)9(13)12-5-4-8(6-11)7-12/h8H,4-7,11H2,1-3H3/t8-/m0/s1. The Morgan fingerprint density at radius 2 is 2.15 bits per heavy atom. The van der Waals surface area contributed by atoms with Gasteiger partial charge in [0.2, 0.25) is 5.91 Å². The van der Waals surface area contributed by atoms with Crippen molar-refractivity contribution in [2.75, 3.05) is 19.6 Å². The van der Waals surface area contributed by atoms with Crippen molar-refractivity contribution in [2.24, 2.45) is 17.1 Å². The van der Waals surface area contributed by atoms with E-state index >= 15 is 0 Å². The predicted molar refractivity (Wildman–Crippen MR) is 53.2 cm³/mol. The van der Waals surface area contributed by atoms with E-state index < -0.39 is 0 Å². The maximum Gasteiger partial charge on any atom is 0.227 e. The third-order valence-corrected chi connectivity index (χ3v) is 2.55. The summed E-state index contributed by atoms with van der Waals surface area (Å²) in [5.74, 6) is 0.773. The first-order valence-corrected chi connectivity index (χ1v) is 4.94. The van der Waals surface area contributed by atoms with Gasteiger partial charge in [-0.05, 0) is 18.9 Å². The average Bonchev–Trinajstić information content (AvgIpc) is 2.48. The fourth-order valence-electron chi connectivity index (χ4n) is 1.68. The van der Waals surface area contributed by atoms with Crippen LogP contribution in [0.1, 0.15) is 27.2 Å². The molecule has 0 spiro atoms. The molecule has 0 unspecified atom stereocenters. The van der Waals surface area contributed by atoms with Crippen LogP contribution in [0.15, 0.2) is 0 Å². The van der Waals surface area contributed by atoms with Crippen LogP contribution in [0.4, 0.5) is 0 Å². The van der Waals surface area contributed by atoms with Crippen molar-refractivity contribution in [3.05, 3.63) is 0 Å². The van der Waals surface area contributed by atoms with Crippen LogP contribution in [0.25, 0.3) is 0 Å². The minimum Gasteiger partial charge on any atom is -0.342 e. The molecule has 1 aliphatic heterocycles. The van der Waals surface area contributed by atoms with Crippen molar-refractivity contribution in [1.29, 1.82) is 0 Å². The van der Waals surface area contributed by atoms with Gasteiger partial charge in [-0.3, -0.25) is 4.79 Å². The number of amides is 1. The Bertz CT molecular complexity index is 196. The maximum atomic E-state index is 11.8. The molecule has 2 N–H and O–H groups in total. The quantitative estimate of drug-likeness (QED) is 0.656. The van der Waals surface area contributed by atoms with Crippen molar-refractivity contribution in [2.45, 2.75) is 27.2 Å². The highest BCUT2D eigenvalue weighted by molar-refractivity contribution is 5.81. The van der Waals surface area contributed by atoms with Gasteiger partial charge in [0.15, 0.2) is 0 Å². The monoisotopic (exact) mass is 184 g/mol. The predicted octanol–water partition coefficient (Wildman–Crippen LogP) is 0.840. The van der Waals surface area contributed by atoms with Crippen LogP contribution in [0.2, 0.25) is 0 Å². The van der Waals surface area contributed by atoms with Gasteiger partial charge in [0.25, 0.3) is 0 Å². The van der Waals surface area contributed by atoms with E-state index in [1.54, 1.807) is 0 Å². The Morgan fingerprint density at radius 1 is 1.54 bits per heavy atom. The normalized spacial score (nSPS) is 23.7. The Kier molecular flexibility index (Phi) is 2.96. The first-order chi connectivity index (χ1) is 5.95. The first-order valence-electron chi connectivity index (χ1n) is 4.94. The van der Waals surface area contributed by atoms with Crippen LogP contribution >= 0.6 is 0 Å². The van der Waals surface area contributed by atoms with Gasteiger partial charge in [-0.25, -0.2) is 0 Å². The van der Waals surface area contributed by atoms with Gasteiger partial charge in [0.1, 0.15) is 0 Å². The molecule has 1 aliphatic rings. The lowest BCUT2D eigenvalue weighted by atomic mass is 9.95. The van der Waals surface area contributed by atoms with Crippen LogP contribution in [0, 0.1) is 11.3 Å². The number of nitrogens with zero attached hydrogens (tertiary/aromatic N) is 1. The molecule has 1 saturated heterocycles. The number of carbonyl (C=O) groups excluding carboxylic acids is 1. The zero-order valence-corrected chi connectivity index (χ0v) is 8.84. The van der Waals surface area contributed by atoms with Crippen molar-refractivity contribution in [1.82, 2.24) is 4.90 Å². The van der Waals surface area contributed by atoms with Gasteiger partial charge in [0, 0.05) is 18.5 Å². The van der Waals surface area contributed by atoms with Crippen molar-refractivity contribution in [3.63, 3.8) is 0 Å². The molecule has 1 amide bonds. The topological polar surface area (TPSA) is 46.3 Å². The molecule has 13 heavy (non-hydrogen) atoms. The second-order valence-electron chi connectivity index (χ2n) is 4.89. The average molecular weight is 184 g/mol. The van der Waals surface area contributed by atoms with Crippen LogP contribution in [0.3, 0.4) is 0 Å². The molecule has 0 aromatic heterocycles. The fraction of sp³-hybridized carbons (Fsp3) is 0.900. The number of likely N-dealkylation sites (tertiary alicyclic amines) is 1. The Hall–Kier alpha value is -0.570. The highest BCUT2D eigenvalue weighted by Crippen LogP contribution is 2.23. The Morgan fingerprint density at radius 3 is 2.54 bits per heavy atom. The van der Waals surface area contributed by atoms with Gasteiger partial charge in [-0.15, -0.1) is 0 Å². The Labute approximate surface area is 80.3 Å². The van der Waals surface area contributed by atoms with Gasteiger partial charge < -0.3 is 10.6 Å². The zero-order chi connectivity index (χ0) is 10.1. The lowest BCUT2D eigenvalue weighted by molar-refractivity contribution is -0.138. The smallest absolute Gasteiger partial charge is 0.227 e. The second kappa shape index (κ2) is 3.66. The molecule has 76 valence electrons. The minimum atomic E-state index is -0.247. The van der Waals surface area contributed by atoms with E-state index in [1.165, 1.54) is 0 Å². The first kappa shape index (κ1) is 10.5. The summed E-state index contributed by atoms with van der Waals surface area (Å²) in [6.45, 7) is 8.33. The molecule has 3 heteroatoms. The molecule has 1 rings (SSSR count). The van der Waals surface area contributed by atoms with Crippen LogP contribution < -0.4 is 5.73 Å². The summed E-state index contributed by atoms with van der Waals surface area (Å²) in [4.78, 5) is 13.8. The van der Waals surface area contributed by atoms with E-state index in [-0.39, 0.29) is 11.3 Å². The highest BCUT2D eigenvalue weighted by atomic mass is 16.2. The van der Waals surface area contributed by atoms with E-state index in [0.29, 0.717) is 12.5 Å². The summed E-state index contributed by atoms with van der Waals surface area (Å²) in [5, 5.41) is 0. The summed E-state index contributed by atoms with van der Waals surface area (Å²) in [6.07, 6.45) is 1.07. The van der Waals surface area contributed by atoms with Crippen LogP contribution in [-0.2, 0) is 4.79 Å².